The number of allylic oxidation sites excluding steroid dienone is 1. The maximum atomic E-state index is 12.7. The van der Waals surface area contributed by atoms with Gasteiger partial charge in [0.1, 0.15) is 11.8 Å². The molecule has 8 heteroatoms. The molecule has 0 fully saturated rings. The molecule has 1 aliphatic heterocycles. The van der Waals surface area contributed by atoms with E-state index in [0.29, 0.717) is 34.7 Å². The van der Waals surface area contributed by atoms with Crippen molar-refractivity contribution in [3.63, 3.8) is 0 Å². The third-order valence-corrected chi connectivity index (χ3v) is 4.76. The third-order valence-electron chi connectivity index (χ3n) is 4.04. The Balaban J connectivity index is 2.18. The van der Waals surface area contributed by atoms with Crippen LogP contribution in [0.3, 0.4) is 0 Å². The summed E-state index contributed by atoms with van der Waals surface area (Å²) in [5.74, 6) is 1.77. The second kappa shape index (κ2) is 7.82. The fraction of sp³-hybridized carbons (Fsp3) is 0.389. The Morgan fingerprint density at radius 3 is 2.81 bits per heavy atom. The number of fused-ring (bicyclic) bond motifs is 1. The van der Waals surface area contributed by atoms with Gasteiger partial charge in [-0.2, -0.15) is 4.98 Å². The third kappa shape index (κ3) is 3.29. The number of carbonyl (C=O) groups excluding carboxylic acids is 1. The van der Waals surface area contributed by atoms with Crippen molar-refractivity contribution in [2.75, 3.05) is 24.8 Å². The molecule has 7 nitrogen and oxygen atoms in total. The van der Waals surface area contributed by atoms with Gasteiger partial charge in [-0.3, -0.25) is 0 Å². The van der Waals surface area contributed by atoms with Crippen LogP contribution in [0.25, 0.3) is 0 Å². The molecular weight excluding hydrogens is 352 g/mol. The fourth-order valence-corrected chi connectivity index (χ4v) is 3.53. The Kier molecular flexibility index (Phi) is 5.51. The van der Waals surface area contributed by atoms with E-state index in [9.17, 15) is 4.79 Å². The molecule has 1 unspecified atom stereocenters. The number of para-hydroxylation sites is 1. The largest absolute Gasteiger partial charge is 0.496 e. The summed E-state index contributed by atoms with van der Waals surface area (Å²) in [7, 11) is 1.61. The summed E-state index contributed by atoms with van der Waals surface area (Å²) in [6, 6.07) is 7.13. The zero-order chi connectivity index (χ0) is 18.7. The number of esters is 1. The van der Waals surface area contributed by atoms with Crippen LogP contribution in [0.5, 0.6) is 5.75 Å². The Morgan fingerprint density at radius 1 is 1.35 bits per heavy atom. The number of carbonyl (C=O) groups is 1. The Bertz CT molecular complexity index is 847. The fourth-order valence-electron chi connectivity index (χ4n) is 2.97. The Labute approximate surface area is 156 Å². The van der Waals surface area contributed by atoms with Crippen molar-refractivity contribution in [3.05, 3.63) is 41.1 Å². The van der Waals surface area contributed by atoms with Crippen LogP contribution in [-0.4, -0.2) is 40.2 Å². The minimum Gasteiger partial charge on any atom is -0.496 e. The van der Waals surface area contributed by atoms with Crippen molar-refractivity contribution >= 4 is 23.7 Å². The zero-order valence-corrected chi connectivity index (χ0v) is 16.1. The van der Waals surface area contributed by atoms with Crippen LogP contribution in [-0.2, 0) is 9.53 Å². The molecule has 0 bridgehead atoms. The number of thioether (sulfide) groups is 1. The molecule has 3 rings (SSSR count). The highest BCUT2D eigenvalue weighted by atomic mass is 32.2. The summed E-state index contributed by atoms with van der Waals surface area (Å²) in [6.07, 6.45) is 0. The minimum absolute atomic E-state index is 0.301. The van der Waals surface area contributed by atoms with Gasteiger partial charge in [-0.15, -0.1) is 5.10 Å². The normalized spacial score (nSPS) is 16.1. The molecule has 26 heavy (non-hydrogen) atoms. The van der Waals surface area contributed by atoms with Crippen LogP contribution in [0.4, 0.5) is 5.95 Å². The van der Waals surface area contributed by atoms with Crippen LogP contribution < -0.4 is 10.1 Å². The second-order valence-electron chi connectivity index (χ2n) is 5.62. The summed E-state index contributed by atoms with van der Waals surface area (Å²) < 4.78 is 12.6. The van der Waals surface area contributed by atoms with E-state index in [4.69, 9.17) is 9.47 Å². The van der Waals surface area contributed by atoms with Crippen molar-refractivity contribution in [2.24, 2.45) is 0 Å². The molecule has 1 aromatic heterocycles. The van der Waals surface area contributed by atoms with Gasteiger partial charge in [-0.05, 0) is 25.7 Å². The lowest BCUT2D eigenvalue weighted by molar-refractivity contribution is -0.139. The monoisotopic (exact) mass is 374 g/mol. The first-order chi connectivity index (χ1) is 12.6. The van der Waals surface area contributed by atoms with Crippen LogP contribution in [0.1, 0.15) is 32.4 Å². The van der Waals surface area contributed by atoms with Crippen molar-refractivity contribution in [1.82, 2.24) is 14.8 Å². The smallest absolute Gasteiger partial charge is 0.338 e. The van der Waals surface area contributed by atoms with Crippen molar-refractivity contribution in [2.45, 2.75) is 32.0 Å². The average Bonchev–Trinajstić information content (AvgIpc) is 3.02. The molecule has 0 amide bonds. The number of benzene rings is 1. The summed E-state index contributed by atoms with van der Waals surface area (Å²) in [5.41, 5.74) is 2.03. The number of hydrogen-bond donors (Lipinski definition) is 1. The van der Waals surface area contributed by atoms with Crippen LogP contribution in [0, 0.1) is 0 Å². The summed E-state index contributed by atoms with van der Waals surface area (Å²) >= 11 is 1.55. The molecular formula is C18H22N4O3S. The van der Waals surface area contributed by atoms with E-state index in [2.05, 4.69) is 15.4 Å². The maximum absolute atomic E-state index is 12.7. The quantitative estimate of drug-likeness (QED) is 0.614. The van der Waals surface area contributed by atoms with Gasteiger partial charge in [0.05, 0.1) is 19.3 Å². The topological polar surface area (TPSA) is 78.3 Å². The lowest BCUT2D eigenvalue weighted by Gasteiger charge is -2.28. The first-order valence-electron chi connectivity index (χ1n) is 8.47. The van der Waals surface area contributed by atoms with Gasteiger partial charge in [0.2, 0.25) is 11.1 Å². The van der Waals surface area contributed by atoms with Crippen LogP contribution in [0.2, 0.25) is 0 Å². The van der Waals surface area contributed by atoms with Crippen molar-refractivity contribution in [3.8, 4) is 5.75 Å². The molecule has 1 aromatic carbocycles. The standard InChI is InChI=1S/C18H22N4O3S/c1-5-25-16(23)14-11(3)19-17-20-18(26-6-2)21-22(17)15(14)12-9-7-8-10-13(12)24-4/h7-10,15H,5-6H2,1-4H3,(H,19,20,21). The predicted molar refractivity (Wildman–Crippen MR) is 101 cm³/mol. The highest BCUT2D eigenvalue weighted by molar-refractivity contribution is 7.99. The molecule has 2 aromatic rings. The van der Waals surface area contributed by atoms with Crippen LogP contribution >= 0.6 is 11.8 Å². The van der Waals surface area contributed by atoms with E-state index in [-0.39, 0.29) is 5.97 Å². The van der Waals surface area contributed by atoms with Gasteiger partial charge in [0.15, 0.2) is 0 Å². The second-order valence-corrected chi connectivity index (χ2v) is 6.86. The summed E-state index contributed by atoms with van der Waals surface area (Å²) in [4.78, 5) is 17.2. The zero-order valence-electron chi connectivity index (χ0n) is 15.3. The number of hydrogen-bond acceptors (Lipinski definition) is 7. The number of nitrogens with one attached hydrogen (secondary N) is 1. The van der Waals surface area contributed by atoms with E-state index < -0.39 is 6.04 Å². The number of methoxy groups -OCH3 is 1. The molecule has 0 saturated carbocycles. The molecule has 138 valence electrons. The van der Waals surface area contributed by atoms with E-state index in [1.165, 1.54) is 0 Å². The molecule has 1 N–H and O–H groups in total. The minimum atomic E-state index is -0.472. The number of ether oxygens (including phenoxy) is 2. The number of nitrogens with zero attached hydrogens (tertiary/aromatic N) is 3. The van der Waals surface area contributed by atoms with E-state index in [1.807, 2.05) is 38.1 Å². The van der Waals surface area contributed by atoms with Gasteiger partial charge >= 0.3 is 5.97 Å². The van der Waals surface area contributed by atoms with E-state index >= 15 is 0 Å². The van der Waals surface area contributed by atoms with Gasteiger partial charge < -0.3 is 14.8 Å². The molecule has 1 aliphatic rings. The SMILES string of the molecule is CCOC(=O)C1=C(C)Nc2nc(SCC)nn2C1c1ccccc1OC. The molecule has 0 aliphatic carbocycles. The lowest BCUT2D eigenvalue weighted by Crippen LogP contribution is -2.30. The van der Waals surface area contributed by atoms with E-state index in [0.717, 1.165) is 11.3 Å². The van der Waals surface area contributed by atoms with Gasteiger partial charge in [-0.25, -0.2) is 9.48 Å². The number of rotatable bonds is 6. The first kappa shape index (κ1) is 18.3. The van der Waals surface area contributed by atoms with Gasteiger partial charge in [0.25, 0.3) is 0 Å². The van der Waals surface area contributed by atoms with Crippen molar-refractivity contribution in [1.29, 1.82) is 0 Å². The lowest BCUT2D eigenvalue weighted by atomic mass is 9.95. The summed E-state index contributed by atoms with van der Waals surface area (Å²) in [6.45, 7) is 5.98. The van der Waals surface area contributed by atoms with Gasteiger partial charge in [-0.1, -0.05) is 36.9 Å². The maximum Gasteiger partial charge on any atom is 0.338 e. The number of aromatic nitrogens is 3. The summed E-state index contributed by atoms with van der Waals surface area (Å²) in [5, 5.41) is 8.45. The van der Waals surface area contributed by atoms with Crippen molar-refractivity contribution < 1.29 is 14.3 Å². The van der Waals surface area contributed by atoms with E-state index in [1.54, 1.807) is 30.5 Å². The average molecular weight is 374 g/mol. The predicted octanol–water partition coefficient (Wildman–Crippen LogP) is 3.25. The Morgan fingerprint density at radius 2 is 2.12 bits per heavy atom. The molecule has 2 heterocycles. The molecule has 0 saturated heterocycles. The molecule has 0 spiro atoms. The Hall–Kier alpha value is -2.48. The first-order valence-corrected chi connectivity index (χ1v) is 9.46. The van der Waals surface area contributed by atoms with Crippen LogP contribution in [0.15, 0.2) is 40.7 Å². The van der Waals surface area contributed by atoms with Gasteiger partial charge in [0, 0.05) is 11.3 Å². The molecule has 1 atom stereocenters. The number of anilines is 1. The highest BCUT2D eigenvalue weighted by Crippen LogP contribution is 2.39. The highest BCUT2D eigenvalue weighted by Gasteiger charge is 2.36. The molecule has 0 radical (unpaired) electrons.